The van der Waals surface area contributed by atoms with Crippen LogP contribution in [0.3, 0.4) is 0 Å². The molecule has 3 fully saturated rings. The average Bonchev–Trinajstić information content (AvgIpc) is 2.60. The van der Waals surface area contributed by atoms with Gasteiger partial charge in [-0.05, 0) is 61.1 Å². The molecule has 0 aliphatic carbocycles. The number of benzene rings is 1. The largest absolute Gasteiger partial charge is 0.387 e. The van der Waals surface area contributed by atoms with E-state index in [1.54, 1.807) is 6.20 Å². The third kappa shape index (κ3) is 2.57. The zero-order chi connectivity index (χ0) is 16.0. The number of aliphatic hydroxyl groups excluding tert-OH is 1. The molecule has 4 heteroatoms. The van der Waals surface area contributed by atoms with Crippen LogP contribution in [0.1, 0.15) is 24.5 Å². The van der Waals surface area contributed by atoms with Crippen molar-refractivity contribution in [1.82, 2.24) is 9.88 Å². The number of fused-ring (bicyclic) bond motifs is 4. The Kier molecular flexibility index (Phi) is 3.88. The van der Waals surface area contributed by atoms with Gasteiger partial charge < -0.3 is 5.11 Å². The summed E-state index contributed by atoms with van der Waals surface area (Å²) in [5, 5.41) is 12.7. The molecule has 0 spiro atoms. The van der Waals surface area contributed by atoms with Crippen molar-refractivity contribution in [2.75, 3.05) is 13.1 Å². The van der Waals surface area contributed by atoms with E-state index < -0.39 is 6.10 Å². The fraction of sp³-hybridized carbons (Fsp3) is 0.421. The van der Waals surface area contributed by atoms with E-state index >= 15 is 0 Å². The summed E-state index contributed by atoms with van der Waals surface area (Å²) in [5.41, 5.74) is 1.82. The quantitative estimate of drug-likeness (QED) is 0.870. The van der Waals surface area contributed by atoms with Gasteiger partial charge in [-0.25, -0.2) is 0 Å². The lowest BCUT2D eigenvalue weighted by Gasteiger charge is -2.50. The van der Waals surface area contributed by atoms with Gasteiger partial charge in [-0.2, -0.15) is 0 Å². The second kappa shape index (κ2) is 5.90. The van der Waals surface area contributed by atoms with E-state index in [1.165, 1.54) is 6.42 Å². The molecule has 3 aliphatic rings. The number of aromatic nitrogens is 1. The number of rotatable bonds is 3. The van der Waals surface area contributed by atoms with Gasteiger partial charge in [0.05, 0.1) is 11.6 Å². The summed E-state index contributed by atoms with van der Waals surface area (Å²) in [6.07, 6.45) is 5.59. The van der Waals surface area contributed by atoms with Crippen LogP contribution in [0.2, 0.25) is 5.02 Å². The van der Waals surface area contributed by atoms with Gasteiger partial charge in [-0.1, -0.05) is 17.7 Å². The Balaban J connectivity index is 1.69. The molecule has 3 nitrogen and oxygen atoms in total. The van der Waals surface area contributed by atoms with E-state index in [1.807, 2.05) is 24.3 Å². The second-order valence-corrected chi connectivity index (χ2v) is 7.19. The van der Waals surface area contributed by atoms with Gasteiger partial charge in [0.15, 0.2) is 0 Å². The number of halogens is 1. The molecule has 2 bridgehead atoms. The van der Waals surface area contributed by atoms with Gasteiger partial charge in [-0.15, -0.1) is 6.58 Å². The van der Waals surface area contributed by atoms with Crippen LogP contribution in [0.15, 0.2) is 43.1 Å². The molecule has 1 N–H and O–H groups in total. The topological polar surface area (TPSA) is 36.4 Å². The van der Waals surface area contributed by atoms with Crippen molar-refractivity contribution < 1.29 is 5.11 Å². The van der Waals surface area contributed by atoms with Crippen molar-refractivity contribution in [1.29, 1.82) is 0 Å². The molecule has 4 unspecified atom stereocenters. The third-order valence-corrected chi connectivity index (χ3v) is 5.81. The minimum atomic E-state index is -0.507. The number of nitrogens with zero attached hydrogens (tertiary/aromatic N) is 2. The molecule has 1 aromatic carbocycles. The molecule has 1 aromatic heterocycles. The Bertz CT molecular complexity index is 747. The lowest BCUT2D eigenvalue weighted by Crippen LogP contribution is -2.54. The molecule has 5 atom stereocenters. The summed E-state index contributed by atoms with van der Waals surface area (Å²) in [5.74, 6) is 1.21. The van der Waals surface area contributed by atoms with Crippen molar-refractivity contribution in [2.45, 2.75) is 25.0 Å². The van der Waals surface area contributed by atoms with Gasteiger partial charge in [0.25, 0.3) is 0 Å². The van der Waals surface area contributed by atoms with Crippen molar-refractivity contribution in [3.8, 4) is 0 Å². The van der Waals surface area contributed by atoms with Gasteiger partial charge in [0.2, 0.25) is 0 Å². The third-order valence-electron chi connectivity index (χ3n) is 5.57. The summed E-state index contributed by atoms with van der Waals surface area (Å²) in [7, 11) is 0. The Labute approximate surface area is 141 Å². The van der Waals surface area contributed by atoms with E-state index in [0.29, 0.717) is 16.9 Å². The molecule has 2 aromatic rings. The molecular weight excluding hydrogens is 308 g/mol. The van der Waals surface area contributed by atoms with E-state index in [4.69, 9.17) is 11.6 Å². The Hall–Kier alpha value is -1.42. The second-order valence-electron chi connectivity index (χ2n) is 6.75. The fourth-order valence-corrected chi connectivity index (χ4v) is 4.48. The molecule has 3 saturated heterocycles. The fourth-order valence-electron chi connectivity index (χ4n) is 4.31. The number of aliphatic hydroxyl groups is 1. The average molecular weight is 329 g/mol. The van der Waals surface area contributed by atoms with E-state index in [9.17, 15) is 5.11 Å². The van der Waals surface area contributed by atoms with Crippen LogP contribution in [-0.4, -0.2) is 34.1 Å². The van der Waals surface area contributed by atoms with Crippen molar-refractivity contribution in [3.63, 3.8) is 0 Å². The summed E-state index contributed by atoms with van der Waals surface area (Å²) < 4.78 is 0. The maximum atomic E-state index is 11.1. The van der Waals surface area contributed by atoms with Gasteiger partial charge in [0.1, 0.15) is 0 Å². The Morgan fingerprint density at radius 1 is 1.39 bits per heavy atom. The van der Waals surface area contributed by atoms with Crippen molar-refractivity contribution in [3.05, 3.63) is 53.7 Å². The van der Waals surface area contributed by atoms with Gasteiger partial charge >= 0.3 is 0 Å². The molecule has 120 valence electrons. The van der Waals surface area contributed by atoms with Crippen LogP contribution < -0.4 is 0 Å². The summed E-state index contributed by atoms with van der Waals surface area (Å²) in [4.78, 5) is 6.81. The highest BCUT2D eigenvalue weighted by atomic mass is 35.5. The number of piperidine rings is 3. The number of hydrogen-bond donors (Lipinski definition) is 1. The van der Waals surface area contributed by atoms with Crippen LogP contribution in [-0.2, 0) is 0 Å². The molecule has 0 amide bonds. The predicted octanol–water partition coefficient (Wildman–Crippen LogP) is 3.82. The van der Waals surface area contributed by atoms with Crippen LogP contribution >= 0.6 is 11.6 Å². The minimum Gasteiger partial charge on any atom is -0.387 e. The van der Waals surface area contributed by atoms with Crippen LogP contribution in [0.25, 0.3) is 10.9 Å². The summed E-state index contributed by atoms with van der Waals surface area (Å²) in [6, 6.07) is 7.76. The SMILES string of the molecule is C=CC1CN2CCC1CC2[C@H](O)c1ccnc2ccc(Cl)cc12. The smallest absolute Gasteiger partial charge is 0.0952 e. The molecule has 23 heavy (non-hydrogen) atoms. The Morgan fingerprint density at radius 3 is 3.00 bits per heavy atom. The summed E-state index contributed by atoms with van der Waals surface area (Å²) >= 11 is 6.15. The van der Waals surface area contributed by atoms with Crippen LogP contribution in [0, 0.1) is 11.8 Å². The Morgan fingerprint density at radius 2 is 2.26 bits per heavy atom. The highest BCUT2D eigenvalue weighted by molar-refractivity contribution is 6.31. The van der Waals surface area contributed by atoms with Crippen molar-refractivity contribution >= 4 is 22.5 Å². The van der Waals surface area contributed by atoms with Crippen molar-refractivity contribution in [2.24, 2.45) is 11.8 Å². The molecule has 0 radical (unpaired) electrons. The first-order valence-corrected chi connectivity index (χ1v) is 8.64. The van der Waals surface area contributed by atoms with Gasteiger partial charge in [-0.3, -0.25) is 9.88 Å². The standard InChI is InChI=1S/C19H21ClN2O/c1-2-12-11-22-8-6-13(12)9-18(22)19(23)15-5-7-21-17-4-3-14(20)10-16(15)17/h2-5,7,10,12-13,18-19,23H,1,6,8-9,11H2/t12?,13?,18?,19-/m1/s1. The van der Waals surface area contributed by atoms with Crippen LogP contribution in [0.5, 0.6) is 0 Å². The summed E-state index contributed by atoms with van der Waals surface area (Å²) in [6.45, 7) is 6.05. The number of hydrogen-bond acceptors (Lipinski definition) is 3. The first kappa shape index (κ1) is 15.1. The lowest BCUT2D eigenvalue weighted by molar-refractivity contribution is -0.0444. The molecular formula is C19H21ClN2O. The zero-order valence-corrected chi connectivity index (χ0v) is 13.8. The molecule has 0 saturated carbocycles. The highest BCUT2D eigenvalue weighted by Gasteiger charge is 2.42. The monoisotopic (exact) mass is 328 g/mol. The van der Waals surface area contributed by atoms with E-state index in [2.05, 4.69) is 22.5 Å². The van der Waals surface area contributed by atoms with E-state index in [-0.39, 0.29) is 6.04 Å². The minimum absolute atomic E-state index is 0.175. The highest BCUT2D eigenvalue weighted by Crippen LogP contribution is 2.42. The predicted molar refractivity (Wildman–Crippen MR) is 93.5 cm³/mol. The lowest BCUT2D eigenvalue weighted by atomic mass is 9.73. The maximum Gasteiger partial charge on any atom is 0.0952 e. The normalized spacial score (nSPS) is 31.2. The molecule has 5 rings (SSSR count). The van der Waals surface area contributed by atoms with E-state index in [0.717, 1.165) is 36.0 Å². The number of pyridine rings is 1. The first-order valence-electron chi connectivity index (χ1n) is 8.26. The first-order chi connectivity index (χ1) is 11.2. The van der Waals surface area contributed by atoms with Crippen LogP contribution in [0.4, 0.5) is 0 Å². The maximum absolute atomic E-state index is 11.1. The molecule has 3 aliphatic heterocycles. The zero-order valence-electron chi connectivity index (χ0n) is 13.0. The van der Waals surface area contributed by atoms with Gasteiger partial charge in [0, 0.05) is 29.2 Å². The molecule has 4 heterocycles.